The second-order valence-electron chi connectivity index (χ2n) is 1.38. The van der Waals surface area contributed by atoms with Crippen molar-refractivity contribution in [2.24, 2.45) is 0 Å². The molecule has 1 nitrogen and oxygen atoms in total. The van der Waals surface area contributed by atoms with E-state index < -0.39 is 0 Å². The summed E-state index contributed by atoms with van der Waals surface area (Å²) in [4.78, 5) is 0. The number of hydrogen-bond acceptors (Lipinski definition) is 1. The maximum Gasteiger partial charge on any atom is 0.0727 e. The first-order valence-corrected chi connectivity index (χ1v) is 2.94. The number of aliphatic hydroxyl groups excluding tert-OH is 1. The second-order valence-corrected chi connectivity index (χ2v) is 2.63. The number of rotatable bonds is 2. The lowest BCUT2D eigenvalue weighted by Gasteiger charge is -2.04. The summed E-state index contributed by atoms with van der Waals surface area (Å²) >= 11 is 10.9. The molecule has 0 aliphatic rings. The van der Waals surface area contributed by atoms with E-state index in [1.807, 2.05) is 0 Å². The van der Waals surface area contributed by atoms with E-state index in [4.69, 9.17) is 28.3 Å². The first-order valence-electron chi connectivity index (χ1n) is 2.07. The van der Waals surface area contributed by atoms with Gasteiger partial charge in [-0.15, -0.1) is 23.2 Å². The van der Waals surface area contributed by atoms with Crippen LogP contribution in [-0.2, 0) is 0 Å². The quantitative estimate of drug-likeness (QED) is 0.576. The lowest BCUT2D eigenvalue weighted by Crippen LogP contribution is -2.14. The van der Waals surface area contributed by atoms with E-state index in [0.717, 1.165) is 0 Å². The Morgan fingerprint density at radius 1 is 1.57 bits per heavy atom. The summed E-state index contributed by atoms with van der Waals surface area (Å²) in [6.45, 7) is 1.70. The highest BCUT2D eigenvalue weighted by atomic mass is 35.5. The van der Waals surface area contributed by atoms with Crippen LogP contribution in [0.5, 0.6) is 0 Å². The van der Waals surface area contributed by atoms with E-state index >= 15 is 0 Å². The van der Waals surface area contributed by atoms with E-state index in [0.29, 0.717) is 0 Å². The summed E-state index contributed by atoms with van der Waals surface area (Å²) in [5.74, 6) is 0. The molecule has 0 radical (unpaired) electrons. The fourth-order valence-electron chi connectivity index (χ4n) is 0.145. The molecule has 0 aromatic rings. The summed E-state index contributed by atoms with van der Waals surface area (Å²) in [6.07, 6.45) is 0. The zero-order chi connectivity index (χ0) is 5.86. The van der Waals surface area contributed by atoms with Crippen molar-refractivity contribution in [3.63, 3.8) is 0 Å². The Hall–Kier alpha value is 0.540. The predicted octanol–water partition coefficient (Wildman–Crippen LogP) is 1.21. The molecule has 3 heteroatoms. The Labute approximate surface area is 53.2 Å². The zero-order valence-electron chi connectivity index (χ0n) is 4.06. The van der Waals surface area contributed by atoms with Crippen LogP contribution in [0.25, 0.3) is 0 Å². The lowest BCUT2D eigenvalue weighted by molar-refractivity contribution is 0.291. The molecule has 0 saturated heterocycles. The van der Waals surface area contributed by atoms with Crippen molar-refractivity contribution in [3.05, 3.63) is 0 Å². The maximum absolute atomic E-state index is 8.29. The van der Waals surface area contributed by atoms with Crippen LogP contribution in [0.3, 0.4) is 0 Å². The van der Waals surface area contributed by atoms with Gasteiger partial charge in [-0.3, -0.25) is 0 Å². The molecule has 0 aromatic carbocycles. The molecule has 7 heavy (non-hydrogen) atoms. The normalized spacial score (nSPS) is 18.9. The number of aliphatic hydroxyl groups is 1. The molecule has 0 amide bonds. The third-order valence-electron chi connectivity index (χ3n) is 0.673. The van der Waals surface area contributed by atoms with E-state index in [9.17, 15) is 0 Å². The van der Waals surface area contributed by atoms with E-state index in [1.165, 1.54) is 0 Å². The van der Waals surface area contributed by atoms with Crippen molar-refractivity contribution in [3.8, 4) is 0 Å². The number of hydrogen-bond donors (Lipinski definition) is 1. The zero-order valence-corrected chi connectivity index (χ0v) is 5.58. The molecule has 0 aliphatic carbocycles. The molecule has 0 saturated carbocycles. The Morgan fingerprint density at radius 2 is 2.00 bits per heavy atom. The summed E-state index contributed by atoms with van der Waals surface area (Å²) in [6, 6.07) is 0. The maximum atomic E-state index is 8.29. The molecule has 0 bridgehead atoms. The first kappa shape index (κ1) is 7.54. The van der Waals surface area contributed by atoms with Crippen LogP contribution >= 0.6 is 23.2 Å². The molecular weight excluding hydrogens is 135 g/mol. The van der Waals surface area contributed by atoms with E-state index in [-0.39, 0.29) is 17.4 Å². The fraction of sp³-hybridized carbons (Fsp3) is 1.00. The standard InChI is InChI=1S/C4H8Cl2O/c1-3(5)4(6)2-7/h3-4,7H,2H2,1H3/t3-,4+/m0/s1. The first-order chi connectivity index (χ1) is 3.18. The summed E-state index contributed by atoms with van der Waals surface area (Å²) < 4.78 is 0. The third kappa shape index (κ3) is 3.15. The number of halogens is 2. The summed E-state index contributed by atoms with van der Waals surface area (Å²) in [5, 5.41) is 7.84. The molecule has 0 rings (SSSR count). The van der Waals surface area contributed by atoms with E-state index in [1.54, 1.807) is 6.92 Å². The molecule has 1 N–H and O–H groups in total. The molecular formula is C4H8Cl2O. The second kappa shape index (κ2) is 3.53. The minimum absolute atomic E-state index is 0.0494. The molecule has 0 aromatic heterocycles. The topological polar surface area (TPSA) is 20.2 Å². The van der Waals surface area contributed by atoms with Gasteiger partial charge in [0.1, 0.15) is 0 Å². The average molecular weight is 143 g/mol. The van der Waals surface area contributed by atoms with Crippen molar-refractivity contribution in [1.82, 2.24) is 0 Å². The highest BCUT2D eigenvalue weighted by Crippen LogP contribution is 2.06. The van der Waals surface area contributed by atoms with Gasteiger partial charge < -0.3 is 5.11 Å². The lowest BCUT2D eigenvalue weighted by atomic mass is 10.3. The summed E-state index contributed by atoms with van der Waals surface area (Å²) in [5.41, 5.74) is 0. The molecule has 44 valence electrons. The van der Waals surface area contributed by atoms with Gasteiger partial charge in [-0.2, -0.15) is 0 Å². The third-order valence-corrected chi connectivity index (χ3v) is 1.62. The Morgan fingerprint density at radius 3 is 2.00 bits per heavy atom. The Balaban J connectivity index is 3.14. The molecule has 0 unspecified atom stereocenters. The minimum Gasteiger partial charge on any atom is -0.395 e. The molecule has 0 heterocycles. The molecule has 0 fully saturated rings. The van der Waals surface area contributed by atoms with Gasteiger partial charge in [0, 0.05) is 5.38 Å². The van der Waals surface area contributed by atoms with Gasteiger partial charge in [0.05, 0.1) is 12.0 Å². The highest BCUT2D eigenvalue weighted by Gasteiger charge is 2.07. The van der Waals surface area contributed by atoms with Gasteiger partial charge in [0.25, 0.3) is 0 Å². The Bertz CT molecular complexity index is 47.0. The van der Waals surface area contributed by atoms with Crippen LogP contribution in [0.15, 0.2) is 0 Å². The van der Waals surface area contributed by atoms with Gasteiger partial charge >= 0.3 is 0 Å². The van der Waals surface area contributed by atoms with Crippen molar-refractivity contribution >= 4 is 23.2 Å². The van der Waals surface area contributed by atoms with Crippen LogP contribution in [0.1, 0.15) is 6.92 Å². The van der Waals surface area contributed by atoms with Gasteiger partial charge in [0.2, 0.25) is 0 Å². The Kier molecular flexibility index (Phi) is 3.80. The SMILES string of the molecule is C[C@H](Cl)[C@H](Cl)CO. The van der Waals surface area contributed by atoms with Crippen LogP contribution in [0.2, 0.25) is 0 Å². The van der Waals surface area contributed by atoms with Gasteiger partial charge in [-0.1, -0.05) is 0 Å². The van der Waals surface area contributed by atoms with Crippen molar-refractivity contribution in [2.75, 3.05) is 6.61 Å². The van der Waals surface area contributed by atoms with Crippen LogP contribution in [0.4, 0.5) is 0 Å². The highest BCUT2D eigenvalue weighted by molar-refractivity contribution is 6.29. The van der Waals surface area contributed by atoms with Gasteiger partial charge in [-0.05, 0) is 6.92 Å². The van der Waals surface area contributed by atoms with Crippen LogP contribution < -0.4 is 0 Å². The fourth-order valence-corrected chi connectivity index (χ4v) is 0.225. The summed E-state index contributed by atoms with van der Waals surface area (Å²) in [7, 11) is 0. The van der Waals surface area contributed by atoms with Gasteiger partial charge in [-0.25, -0.2) is 0 Å². The van der Waals surface area contributed by atoms with E-state index in [2.05, 4.69) is 0 Å². The van der Waals surface area contributed by atoms with Crippen molar-refractivity contribution in [2.45, 2.75) is 17.7 Å². The predicted molar refractivity (Wildman–Crippen MR) is 32.0 cm³/mol. The largest absolute Gasteiger partial charge is 0.395 e. The smallest absolute Gasteiger partial charge is 0.0727 e. The molecule has 0 spiro atoms. The number of alkyl halides is 2. The van der Waals surface area contributed by atoms with Crippen molar-refractivity contribution in [1.29, 1.82) is 0 Å². The van der Waals surface area contributed by atoms with Crippen LogP contribution in [-0.4, -0.2) is 22.5 Å². The monoisotopic (exact) mass is 142 g/mol. The van der Waals surface area contributed by atoms with Crippen molar-refractivity contribution < 1.29 is 5.11 Å². The molecule has 0 aliphatic heterocycles. The van der Waals surface area contributed by atoms with Gasteiger partial charge in [0.15, 0.2) is 0 Å². The van der Waals surface area contributed by atoms with Crippen LogP contribution in [0, 0.1) is 0 Å². The molecule has 2 atom stereocenters. The average Bonchev–Trinajstić information content (AvgIpc) is 1.65. The minimum atomic E-state index is -0.304.